The standard InChI is InChI=1S/C19H29N/c1-8-17(12-9-15(2)3)20(7)18-13-10-16(11-14-18)19(4,5)6/h9-14H,8H2,1-7H3/b17-12+. The highest BCUT2D eigenvalue weighted by atomic mass is 15.1. The molecule has 1 nitrogen and oxygen atoms in total. The molecule has 0 spiro atoms. The van der Waals surface area contributed by atoms with Crippen LogP contribution in [0.1, 0.15) is 53.5 Å². The van der Waals surface area contributed by atoms with Gasteiger partial charge in [0.15, 0.2) is 0 Å². The molecule has 0 N–H and O–H groups in total. The maximum atomic E-state index is 2.27. The van der Waals surface area contributed by atoms with Gasteiger partial charge in [-0.3, -0.25) is 0 Å². The first-order valence-corrected chi connectivity index (χ1v) is 7.44. The van der Waals surface area contributed by atoms with Crippen molar-refractivity contribution >= 4 is 5.69 Å². The second-order valence-corrected chi connectivity index (χ2v) is 6.61. The van der Waals surface area contributed by atoms with Gasteiger partial charge in [-0.2, -0.15) is 0 Å². The van der Waals surface area contributed by atoms with Crippen molar-refractivity contribution in [2.75, 3.05) is 11.9 Å². The fraction of sp³-hybridized carbons (Fsp3) is 0.474. The summed E-state index contributed by atoms with van der Waals surface area (Å²) in [4.78, 5) is 2.27. The molecule has 0 bridgehead atoms. The van der Waals surface area contributed by atoms with E-state index >= 15 is 0 Å². The van der Waals surface area contributed by atoms with Crippen LogP contribution in [-0.4, -0.2) is 7.05 Å². The molecule has 0 aliphatic rings. The summed E-state index contributed by atoms with van der Waals surface area (Å²) in [5, 5.41) is 0. The maximum Gasteiger partial charge on any atom is 0.0405 e. The SMILES string of the molecule is CC/C(=C\C=C(C)C)N(C)c1ccc(C(C)(C)C)cc1. The molecule has 0 aliphatic carbocycles. The second-order valence-electron chi connectivity index (χ2n) is 6.61. The molecule has 1 aromatic rings. The summed E-state index contributed by atoms with van der Waals surface area (Å²) >= 11 is 0. The molecular formula is C19H29N. The van der Waals surface area contributed by atoms with Crippen molar-refractivity contribution in [3.8, 4) is 0 Å². The lowest BCUT2D eigenvalue weighted by Gasteiger charge is -2.24. The third-order valence-electron chi connectivity index (χ3n) is 3.52. The Labute approximate surface area is 125 Å². The first-order chi connectivity index (χ1) is 9.25. The molecule has 0 aromatic heterocycles. The minimum Gasteiger partial charge on any atom is -0.348 e. The molecule has 0 unspecified atom stereocenters. The van der Waals surface area contributed by atoms with Gasteiger partial charge in [0.2, 0.25) is 0 Å². The van der Waals surface area contributed by atoms with E-state index in [2.05, 4.69) is 89.9 Å². The fourth-order valence-corrected chi connectivity index (χ4v) is 2.08. The van der Waals surface area contributed by atoms with Crippen molar-refractivity contribution < 1.29 is 0 Å². The summed E-state index contributed by atoms with van der Waals surface area (Å²) in [6.45, 7) is 13.2. The molecule has 20 heavy (non-hydrogen) atoms. The molecule has 0 aliphatic heterocycles. The number of anilines is 1. The van der Waals surface area contributed by atoms with Crippen LogP contribution in [0.4, 0.5) is 5.69 Å². The monoisotopic (exact) mass is 271 g/mol. The van der Waals surface area contributed by atoms with Gasteiger partial charge in [-0.1, -0.05) is 51.5 Å². The number of hydrogen-bond acceptors (Lipinski definition) is 1. The molecule has 0 amide bonds. The van der Waals surface area contributed by atoms with E-state index < -0.39 is 0 Å². The Hall–Kier alpha value is -1.50. The minimum atomic E-state index is 0.211. The zero-order valence-electron chi connectivity index (χ0n) is 14.1. The molecule has 1 heteroatoms. The molecule has 1 aromatic carbocycles. The summed E-state index contributed by atoms with van der Waals surface area (Å²) in [5.74, 6) is 0. The predicted octanol–water partition coefficient (Wildman–Crippen LogP) is 5.68. The molecule has 0 heterocycles. The van der Waals surface area contributed by atoms with Crippen LogP contribution < -0.4 is 4.90 Å². The van der Waals surface area contributed by atoms with Crippen LogP contribution in [0.15, 0.2) is 47.7 Å². The lowest BCUT2D eigenvalue weighted by Crippen LogP contribution is -2.16. The van der Waals surface area contributed by atoms with Crippen molar-refractivity contribution in [1.82, 2.24) is 0 Å². The van der Waals surface area contributed by atoms with Gasteiger partial charge in [0.1, 0.15) is 0 Å². The van der Waals surface area contributed by atoms with Gasteiger partial charge in [-0.15, -0.1) is 0 Å². The highest BCUT2D eigenvalue weighted by molar-refractivity contribution is 5.53. The average molecular weight is 271 g/mol. The van der Waals surface area contributed by atoms with Gasteiger partial charge >= 0.3 is 0 Å². The van der Waals surface area contributed by atoms with E-state index in [-0.39, 0.29) is 5.41 Å². The molecule has 0 atom stereocenters. The number of nitrogens with zero attached hydrogens (tertiary/aromatic N) is 1. The fourth-order valence-electron chi connectivity index (χ4n) is 2.08. The Bertz CT molecular complexity index is 479. The Morgan fingerprint density at radius 2 is 1.60 bits per heavy atom. The first-order valence-electron chi connectivity index (χ1n) is 7.44. The maximum absolute atomic E-state index is 2.27. The van der Waals surface area contributed by atoms with E-state index in [9.17, 15) is 0 Å². The van der Waals surface area contributed by atoms with Crippen molar-refractivity contribution in [2.45, 2.75) is 53.4 Å². The first kappa shape index (κ1) is 16.6. The highest BCUT2D eigenvalue weighted by Gasteiger charge is 2.13. The van der Waals surface area contributed by atoms with Crippen molar-refractivity contribution in [3.05, 3.63) is 53.3 Å². The topological polar surface area (TPSA) is 3.24 Å². The van der Waals surface area contributed by atoms with Crippen molar-refractivity contribution in [2.24, 2.45) is 0 Å². The van der Waals surface area contributed by atoms with Gasteiger partial charge in [0, 0.05) is 18.4 Å². The lowest BCUT2D eigenvalue weighted by molar-refractivity contribution is 0.590. The Morgan fingerprint density at radius 1 is 1.05 bits per heavy atom. The van der Waals surface area contributed by atoms with Crippen LogP contribution in [0.3, 0.4) is 0 Å². The van der Waals surface area contributed by atoms with Crippen LogP contribution in [0, 0.1) is 0 Å². The molecule has 0 saturated carbocycles. The van der Waals surface area contributed by atoms with Crippen LogP contribution in [-0.2, 0) is 5.41 Å². The Morgan fingerprint density at radius 3 is 2.00 bits per heavy atom. The number of allylic oxidation sites excluding steroid dienone is 4. The van der Waals surface area contributed by atoms with Gasteiger partial charge in [-0.25, -0.2) is 0 Å². The molecular weight excluding hydrogens is 242 g/mol. The summed E-state index contributed by atoms with van der Waals surface area (Å²) < 4.78 is 0. The largest absolute Gasteiger partial charge is 0.348 e. The van der Waals surface area contributed by atoms with E-state index in [0.717, 1.165) is 6.42 Å². The quantitative estimate of drug-likeness (QED) is 0.637. The van der Waals surface area contributed by atoms with Crippen molar-refractivity contribution in [1.29, 1.82) is 0 Å². The van der Waals surface area contributed by atoms with E-state index in [1.54, 1.807) is 0 Å². The number of benzene rings is 1. The molecule has 1 rings (SSSR count). The second kappa shape index (κ2) is 6.78. The van der Waals surface area contributed by atoms with Crippen LogP contribution in [0.2, 0.25) is 0 Å². The van der Waals surface area contributed by atoms with E-state index in [1.807, 2.05) is 0 Å². The molecule has 110 valence electrons. The summed E-state index contributed by atoms with van der Waals surface area (Å²) in [7, 11) is 2.14. The molecule has 0 fully saturated rings. The number of hydrogen-bond donors (Lipinski definition) is 0. The Kier molecular flexibility index (Phi) is 5.62. The molecule has 0 radical (unpaired) electrons. The van der Waals surface area contributed by atoms with Crippen LogP contribution in [0.25, 0.3) is 0 Å². The zero-order valence-corrected chi connectivity index (χ0v) is 14.1. The summed E-state index contributed by atoms with van der Waals surface area (Å²) in [6, 6.07) is 8.90. The normalized spacial score (nSPS) is 12.2. The minimum absolute atomic E-state index is 0.211. The van der Waals surface area contributed by atoms with E-state index in [4.69, 9.17) is 0 Å². The third-order valence-corrected chi connectivity index (χ3v) is 3.52. The van der Waals surface area contributed by atoms with Crippen molar-refractivity contribution in [3.63, 3.8) is 0 Å². The number of rotatable bonds is 4. The smallest absolute Gasteiger partial charge is 0.0405 e. The predicted molar refractivity (Wildman–Crippen MR) is 91.4 cm³/mol. The zero-order chi connectivity index (χ0) is 15.3. The van der Waals surface area contributed by atoms with Gasteiger partial charge in [-0.05, 0) is 49.5 Å². The van der Waals surface area contributed by atoms with E-state index in [0.29, 0.717) is 0 Å². The summed E-state index contributed by atoms with van der Waals surface area (Å²) in [5.41, 5.74) is 5.49. The molecule has 0 saturated heterocycles. The van der Waals surface area contributed by atoms with E-state index in [1.165, 1.54) is 22.5 Å². The van der Waals surface area contributed by atoms with Gasteiger partial charge < -0.3 is 4.90 Å². The Balaban J connectivity index is 2.99. The highest BCUT2D eigenvalue weighted by Crippen LogP contribution is 2.26. The summed E-state index contributed by atoms with van der Waals surface area (Å²) in [6.07, 6.45) is 5.42. The third kappa shape index (κ3) is 4.56. The van der Waals surface area contributed by atoms with Gasteiger partial charge in [0.25, 0.3) is 0 Å². The van der Waals surface area contributed by atoms with Gasteiger partial charge in [0.05, 0.1) is 0 Å². The van der Waals surface area contributed by atoms with Crippen LogP contribution >= 0.6 is 0 Å². The lowest BCUT2D eigenvalue weighted by atomic mass is 9.87. The van der Waals surface area contributed by atoms with Crippen LogP contribution in [0.5, 0.6) is 0 Å². The average Bonchev–Trinajstić information content (AvgIpc) is 2.38.